The Morgan fingerprint density at radius 3 is 2.47 bits per heavy atom. The van der Waals surface area contributed by atoms with Crippen LogP contribution >= 0.6 is 0 Å². The van der Waals surface area contributed by atoms with E-state index in [4.69, 9.17) is 4.74 Å². The monoisotopic (exact) mass is 427 g/mol. The van der Waals surface area contributed by atoms with E-state index in [0.29, 0.717) is 13.1 Å². The molecular weight excluding hydrogens is 398 g/mol. The van der Waals surface area contributed by atoms with Crippen LogP contribution in [0.4, 0.5) is 0 Å². The van der Waals surface area contributed by atoms with E-state index in [1.54, 1.807) is 20.2 Å². The molecule has 1 aromatic heterocycles. The average Bonchev–Trinajstić information content (AvgIpc) is 3.16. The van der Waals surface area contributed by atoms with Crippen LogP contribution in [0.1, 0.15) is 23.7 Å². The quantitative estimate of drug-likeness (QED) is 0.495. The first-order chi connectivity index (χ1) is 14.4. The third-order valence-corrected chi connectivity index (χ3v) is 6.69. The largest absolute Gasteiger partial charge is 0.497 e. The molecule has 0 atom stereocenters. The predicted molar refractivity (Wildman–Crippen MR) is 118 cm³/mol. The number of nitrogens with zero attached hydrogens (tertiary/aromatic N) is 3. The molecule has 0 saturated carbocycles. The number of hydrogen-bond acceptors (Lipinski definition) is 5. The molecule has 7 heteroatoms. The van der Waals surface area contributed by atoms with Gasteiger partial charge in [0.1, 0.15) is 5.75 Å². The fourth-order valence-corrected chi connectivity index (χ4v) is 4.45. The Balaban J connectivity index is 1.80. The molecule has 3 aromatic rings. The molecule has 6 nitrogen and oxygen atoms in total. The zero-order valence-corrected chi connectivity index (χ0v) is 18.6. The van der Waals surface area contributed by atoms with E-state index in [0.717, 1.165) is 30.0 Å². The van der Waals surface area contributed by atoms with E-state index in [2.05, 4.69) is 28.1 Å². The summed E-state index contributed by atoms with van der Waals surface area (Å²) in [6.07, 6.45) is 2.44. The van der Waals surface area contributed by atoms with Gasteiger partial charge in [-0.2, -0.15) is 0 Å². The lowest BCUT2D eigenvalue weighted by Crippen LogP contribution is -2.21. The minimum Gasteiger partial charge on any atom is -0.497 e. The second kappa shape index (κ2) is 9.91. The van der Waals surface area contributed by atoms with Crippen LogP contribution in [0.25, 0.3) is 0 Å². The van der Waals surface area contributed by atoms with E-state index in [1.165, 1.54) is 5.56 Å². The summed E-state index contributed by atoms with van der Waals surface area (Å²) in [4.78, 5) is 6.43. The maximum Gasteiger partial charge on any atom is 0.227 e. The molecule has 0 amide bonds. The molecule has 1 heterocycles. The molecule has 0 unspecified atom stereocenters. The van der Waals surface area contributed by atoms with Crippen molar-refractivity contribution < 1.29 is 13.2 Å². The number of methoxy groups -OCH3 is 1. The fraction of sp³-hybridized carbons (Fsp3) is 0.348. The van der Waals surface area contributed by atoms with Crippen molar-refractivity contribution in [2.45, 2.75) is 38.1 Å². The highest BCUT2D eigenvalue weighted by molar-refractivity contribution is 7.91. The van der Waals surface area contributed by atoms with Crippen LogP contribution in [-0.4, -0.2) is 42.8 Å². The Hall–Kier alpha value is -2.64. The fourth-order valence-electron chi connectivity index (χ4n) is 3.44. The molecule has 30 heavy (non-hydrogen) atoms. The Kier molecular flexibility index (Phi) is 7.29. The summed E-state index contributed by atoms with van der Waals surface area (Å²) >= 11 is 0. The first-order valence-electron chi connectivity index (χ1n) is 10.1. The van der Waals surface area contributed by atoms with Crippen molar-refractivity contribution in [3.8, 4) is 5.75 Å². The topological polar surface area (TPSA) is 64.4 Å². The zero-order chi connectivity index (χ0) is 21.6. The van der Waals surface area contributed by atoms with E-state index < -0.39 is 9.84 Å². The summed E-state index contributed by atoms with van der Waals surface area (Å²) < 4.78 is 32.3. The Bertz CT molecular complexity index is 1060. The number of imidazole rings is 1. The molecule has 0 aliphatic rings. The van der Waals surface area contributed by atoms with Crippen molar-refractivity contribution in [2.24, 2.45) is 0 Å². The Morgan fingerprint density at radius 2 is 1.77 bits per heavy atom. The molecule has 0 radical (unpaired) electrons. The van der Waals surface area contributed by atoms with Gasteiger partial charge in [-0.15, -0.1) is 0 Å². The smallest absolute Gasteiger partial charge is 0.227 e. The molecule has 0 N–H and O–H groups in total. The molecule has 0 saturated heterocycles. The number of rotatable bonds is 10. The number of aromatic nitrogens is 2. The van der Waals surface area contributed by atoms with Gasteiger partial charge in [0, 0.05) is 19.6 Å². The standard InChI is InChI=1S/C23H29N3O3S/c1-4-30(27,28)23-24-16-21(26(23)14-13-19-9-6-5-7-10-19)18-25(2)17-20-11-8-12-22(15-20)29-3/h5-12,15-16H,4,13-14,17-18H2,1-3H3. The molecule has 0 fully saturated rings. The van der Waals surface area contributed by atoms with Gasteiger partial charge in [-0.3, -0.25) is 4.90 Å². The van der Waals surface area contributed by atoms with Gasteiger partial charge in [-0.1, -0.05) is 49.4 Å². The van der Waals surface area contributed by atoms with Crippen molar-refractivity contribution >= 4 is 9.84 Å². The number of sulfone groups is 1. The van der Waals surface area contributed by atoms with Crippen LogP contribution in [0.5, 0.6) is 5.75 Å². The van der Waals surface area contributed by atoms with Crippen LogP contribution in [0.15, 0.2) is 66.0 Å². The average molecular weight is 428 g/mol. The second-order valence-electron chi connectivity index (χ2n) is 7.35. The maximum atomic E-state index is 12.6. The number of aryl methyl sites for hydroxylation is 1. The zero-order valence-electron chi connectivity index (χ0n) is 17.8. The summed E-state index contributed by atoms with van der Waals surface area (Å²) in [6.45, 7) is 3.54. The predicted octanol–water partition coefficient (Wildman–Crippen LogP) is 3.56. The molecule has 0 bridgehead atoms. The van der Waals surface area contributed by atoms with E-state index in [1.807, 2.05) is 48.0 Å². The summed E-state index contributed by atoms with van der Waals surface area (Å²) in [5.74, 6) is 0.860. The van der Waals surface area contributed by atoms with Crippen molar-refractivity contribution in [3.63, 3.8) is 0 Å². The molecular formula is C23H29N3O3S. The van der Waals surface area contributed by atoms with Crippen molar-refractivity contribution in [2.75, 3.05) is 19.9 Å². The first kappa shape index (κ1) is 22.1. The highest BCUT2D eigenvalue weighted by Crippen LogP contribution is 2.18. The third kappa shape index (κ3) is 5.49. The van der Waals surface area contributed by atoms with Gasteiger partial charge in [0.15, 0.2) is 0 Å². The van der Waals surface area contributed by atoms with Gasteiger partial charge in [-0.05, 0) is 36.7 Å². The third-order valence-electron chi connectivity index (χ3n) is 5.05. The first-order valence-corrected chi connectivity index (χ1v) is 11.7. The van der Waals surface area contributed by atoms with E-state index in [9.17, 15) is 8.42 Å². The van der Waals surface area contributed by atoms with E-state index in [-0.39, 0.29) is 10.9 Å². The minimum atomic E-state index is -3.40. The normalized spacial score (nSPS) is 11.7. The lowest BCUT2D eigenvalue weighted by molar-refractivity contribution is 0.307. The molecule has 3 rings (SSSR count). The lowest BCUT2D eigenvalue weighted by atomic mass is 10.1. The molecule has 2 aromatic carbocycles. The van der Waals surface area contributed by atoms with Crippen LogP contribution in [0, 0.1) is 0 Å². The summed E-state index contributed by atoms with van der Waals surface area (Å²) in [5.41, 5.74) is 3.19. The van der Waals surface area contributed by atoms with E-state index >= 15 is 0 Å². The van der Waals surface area contributed by atoms with Crippen molar-refractivity contribution in [1.29, 1.82) is 0 Å². The highest BCUT2D eigenvalue weighted by Gasteiger charge is 2.22. The van der Waals surface area contributed by atoms with Crippen molar-refractivity contribution in [1.82, 2.24) is 14.5 Å². The highest BCUT2D eigenvalue weighted by atomic mass is 32.2. The second-order valence-corrected chi connectivity index (χ2v) is 9.52. The van der Waals surface area contributed by atoms with Crippen LogP contribution in [-0.2, 0) is 35.9 Å². The Morgan fingerprint density at radius 1 is 1.03 bits per heavy atom. The van der Waals surface area contributed by atoms with Gasteiger partial charge in [0.25, 0.3) is 0 Å². The number of benzene rings is 2. The molecule has 0 spiro atoms. The van der Waals surface area contributed by atoms with Crippen LogP contribution in [0.2, 0.25) is 0 Å². The van der Waals surface area contributed by atoms with Gasteiger partial charge in [0.2, 0.25) is 15.0 Å². The summed E-state index contributed by atoms with van der Waals surface area (Å²) in [5, 5.41) is 0.158. The minimum absolute atomic E-state index is 0.0362. The number of hydrogen-bond donors (Lipinski definition) is 0. The van der Waals surface area contributed by atoms with Gasteiger partial charge in [0.05, 0.1) is 24.8 Å². The molecule has 160 valence electrons. The SMILES string of the molecule is CCS(=O)(=O)c1ncc(CN(C)Cc2cccc(OC)c2)n1CCc1ccccc1. The van der Waals surface area contributed by atoms with Crippen LogP contribution in [0.3, 0.4) is 0 Å². The van der Waals surface area contributed by atoms with Gasteiger partial charge >= 0.3 is 0 Å². The summed E-state index contributed by atoms with van der Waals surface area (Å²) in [7, 11) is 0.273. The van der Waals surface area contributed by atoms with Gasteiger partial charge in [-0.25, -0.2) is 13.4 Å². The van der Waals surface area contributed by atoms with Crippen molar-refractivity contribution in [3.05, 3.63) is 77.6 Å². The summed E-state index contributed by atoms with van der Waals surface area (Å²) in [6, 6.07) is 18.0. The molecule has 0 aliphatic carbocycles. The molecule has 0 aliphatic heterocycles. The van der Waals surface area contributed by atoms with Gasteiger partial charge < -0.3 is 9.30 Å². The maximum absolute atomic E-state index is 12.6. The number of ether oxygens (including phenoxy) is 1. The van der Waals surface area contributed by atoms with Crippen LogP contribution < -0.4 is 4.74 Å². The Labute approximate surface area is 179 Å². The lowest BCUT2D eigenvalue weighted by Gasteiger charge is -2.19.